The van der Waals surface area contributed by atoms with Crippen LogP contribution in [0.2, 0.25) is 0 Å². The van der Waals surface area contributed by atoms with Crippen molar-refractivity contribution in [1.82, 2.24) is 5.32 Å². The van der Waals surface area contributed by atoms with Gasteiger partial charge >= 0.3 is 0 Å². The number of nitrogens with zero attached hydrogens (tertiary/aromatic N) is 1. The molecule has 80 valence electrons. The fraction of sp³-hybridized carbons (Fsp3) is 0.909. The van der Waals surface area contributed by atoms with E-state index in [1.165, 1.54) is 0 Å². The standard InChI is InChI=1S/C11H20N2O/c1-9-4-2-6-11(9,14)8-13-10-5-3-7-12-10/h9,14H,2-8H2,1H3,(H,12,13). The summed E-state index contributed by atoms with van der Waals surface area (Å²) in [7, 11) is 0. The van der Waals surface area contributed by atoms with Crippen molar-refractivity contribution >= 4 is 5.84 Å². The molecule has 2 rings (SSSR count). The summed E-state index contributed by atoms with van der Waals surface area (Å²) in [5.74, 6) is 1.52. The van der Waals surface area contributed by atoms with Crippen LogP contribution in [0.4, 0.5) is 0 Å². The molecule has 1 fully saturated rings. The van der Waals surface area contributed by atoms with Crippen molar-refractivity contribution in [1.29, 1.82) is 0 Å². The minimum atomic E-state index is -0.481. The third kappa shape index (κ3) is 1.92. The zero-order chi connectivity index (χ0) is 10.0. The van der Waals surface area contributed by atoms with Crippen LogP contribution >= 0.6 is 0 Å². The number of rotatable bonds is 2. The van der Waals surface area contributed by atoms with Gasteiger partial charge in [0.25, 0.3) is 0 Å². The van der Waals surface area contributed by atoms with Gasteiger partial charge in [-0.25, -0.2) is 0 Å². The van der Waals surface area contributed by atoms with Crippen LogP contribution in [0.5, 0.6) is 0 Å². The number of hydrogen-bond acceptors (Lipinski definition) is 3. The predicted octanol–water partition coefficient (Wildman–Crippen LogP) is 1.32. The van der Waals surface area contributed by atoms with Crippen molar-refractivity contribution in [2.75, 3.05) is 13.1 Å². The molecule has 0 saturated heterocycles. The van der Waals surface area contributed by atoms with Gasteiger partial charge in [0, 0.05) is 19.5 Å². The van der Waals surface area contributed by atoms with Crippen molar-refractivity contribution < 1.29 is 5.11 Å². The first-order valence-electron chi connectivity index (χ1n) is 5.70. The van der Waals surface area contributed by atoms with E-state index in [-0.39, 0.29) is 0 Å². The summed E-state index contributed by atoms with van der Waals surface area (Å²) in [6.07, 6.45) is 5.48. The van der Waals surface area contributed by atoms with Crippen molar-refractivity contribution in [3.8, 4) is 0 Å². The Morgan fingerprint density at radius 1 is 1.57 bits per heavy atom. The van der Waals surface area contributed by atoms with Gasteiger partial charge in [0.2, 0.25) is 0 Å². The molecule has 0 bridgehead atoms. The Bertz CT molecular complexity index is 239. The highest BCUT2D eigenvalue weighted by molar-refractivity contribution is 5.83. The van der Waals surface area contributed by atoms with Crippen molar-refractivity contribution in [3.63, 3.8) is 0 Å². The summed E-state index contributed by atoms with van der Waals surface area (Å²) >= 11 is 0. The molecular formula is C11H20N2O. The Hall–Kier alpha value is -0.570. The van der Waals surface area contributed by atoms with Gasteiger partial charge in [0.05, 0.1) is 11.4 Å². The molecule has 1 saturated carbocycles. The Labute approximate surface area is 85.6 Å². The largest absolute Gasteiger partial charge is 0.388 e. The minimum absolute atomic E-state index is 0.428. The zero-order valence-corrected chi connectivity index (χ0v) is 8.92. The quantitative estimate of drug-likeness (QED) is 0.699. The number of aliphatic imine (C=N–C) groups is 1. The van der Waals surface area contributed by atoms with Gasteiger partial charge in [-0.15, -0.1) is 0 Å². The molecule has 0 aromatic rings. The van der Waals surface area contributed by atoms with E-state index in [0.717, 1.165) is 44.5 Å². The maximum atomic E-state index is 10.3. The van der Waals surface area contributed by atoms with E-state index in [1.807, 2.05) is 0 Å². The van der Waals surface area contributed by atoms with E-state index in [9.17, 15) is 5.11 Å². The molecule has 3 nitrogen and oxygen atoms in total. The molecule has 2 N–H and O–H groups in total. The first-order chi connectivity index (χ1) is 6.71. The van der Waals surface area contributed by atoms with E-state index >= 15 is 0 Å². The second-order valence-corrected chi connectivity index (χ2v) is 4.68. The van der Waals surface area contributed by atoms with Crippen LogP contribution in [0, 0.1) is 5.92 Å². The number of amidine groups is 1. The third-order valence-corrected chi connectivity index (χ3v) is 3.64. The molecule has 0 amide bonds. The Morgan fingerprint density at radius 2 is 2.43 bits per heavy atom. The molecule has 2 atom stereocenters. The summed E-state index contributed by atoms with van der Waals surface area (Å²) in [5, 5.41) is 13.6. The molecule has 1 heterocycles. The molecule has 3 heteroatoms. The van der Waals surface area contributed by atoms with Crippen LogP contribution in [0.15, 0.2) is 4.99 Å². The summed E-state index contributed by atoms with van der Waals surface area (Å²) in [4.78, 5) is 4.35. The van der Waals surface area contributed by atoms with Crippen molar-refractivity contribution in [2.24, 2.45) is 10.9 Å². The first kappa shape index (κ1) is 9.97. The molecule has 0 aromatic carbocycles. The van der Waals surface area contributed by atoms with E-state index in [4.69, 9.17) is 0 Å². The summed E-state index contributed by atoms with van der Waals surface area (Å²) in [6.45, 7) is 3.79. The lowest BCUT2D eigenvalue weighted by Gasteiger charge is -2.28. The van der Waals surface area contributed by atoms with Gasteiger partial charge in [-0.3, -0.25) is 4.99 Å². The highest BCUT2D eigenvalue weighted by Gasteiger charge is 2.38. The second kappa shape index (κ2) is 3.89. The highest BCUT2D eigenvalue weighted by Crippen LogP contribution is 2.34. The van der Waals surface area contributed by atoms with E-state index in [1.54, 1.807) is 0 Å². The van der Waals surface area contributed by atoms with Gasteiger partial charge in [-0.2, -0.15) is 0 Å². The SMILES string of the molecule is CC1CCCC1(O)CNC1=NCCC1. The number of aliphatic hydroxyl groups is 1. The van der Waals surface area contributed by atoms with Crippen molar-refractivity contribution in [3.05, 3.63) is 0 Å². The Balaban J connectivity index is 1.84. The maximum Gasteiger partial charge on any atom is 0.0964 e. The van der Waals surface area contributed by atoms with E-state index in [2.05, 4.69) is 17.2 Å². The van der Waals surface area contributed by atoms with Gasteiger partial charge in [-0.1, -0.05) is 13.3 Å². The van der Waals surface area contributed by atoms with Gasteiger partial charge < -0.3 is 10.4 Å². The van der Waals surface area contributed by atoms with Crippen LogP contribution < -0.4 is 5.32 Å². The highest BCUT2D eigenvalue weighted by atomic mass is 16.3. The van der Waals surface area contributed by atoms with Gasteiger partial charge in [0.15, 0.2) is 0 Å². The maximum absolute atomic E-state index is 10.3. The fourth-order valence-electron chi connectivity index (χ4n) is 2.43. The zero-order valence-electron chi connectivity index (χ0n) is 8.92. The van der Waals surface area contributed by atoms with Crippen LogP contribution in [0.3, 0.4) is 0 Å². The molecular weight excluding hydrogens is 176 g/mol. The van der Waals surface area contributed by atoms with Crippen LogP contribution in [-0.4, -0.2) is 29.6 Å². The lowest BCUT2D eigenvalue weighted by atomic mass is 9.92. The number of hydrogen-bond donors (Lipinski definition) is 2. The lowest BCUT2D eigenvalue weighted by Crippen LogP contribution is -2.44. The molecule has 14 heavy (non-hydrogen) atoms. The Kier molecular flexibility index (Phi) is 2.77. The Morgan fingerprint density at radius 3 is 3.00 bits per heavy atom. The predicted molar refractivity (Wildman–Crippen MR) is 57.5 cm³/mol. The first-order valence-corrected chi connectivity index (χ1v) is 5.70. The van der Waals surface area contributed by atoms with Crippen molar-refractivity contribution in [2.45, 2.75) is 44.6 Å². The van der Waals surface area contributed by atoms with E-state index in [0.29, 0.717) is 12.5 Å². The van der Waals surface area contributed by atoms with Gasteiger partial charge in [0.1, 0.15) is 0 Å². The van der Waals surface area contributed by atoms with Crippen LogP contribution in [0.1, 0.15) is 39.0 Å². The fourth-order valence-corrected chi connectivity index (χ4v) is 2.43. The molecule has 2 unspecified atom stereocenters. The minimum Gasteiger partial charge on any atom is -0.388 e. The average molecular weight is 196 g/mol. The molecule has 0 radical (unpaired) electrons. The summed E-state index contributed by atoms with van der Waals surface area (Å²) < 4.78 is 0. The summed E-state index contributed by atoms with van der Waals surface area (Å²) in [5.41, 5.74) is -0.481. The normalized spacial score (nSPS) is 37.3. The smallest absolute Gasteiger partial charge is 0.0964 e. The second-order valence-electron chi connectivity index (χ2n) is 4.68. The topological polar surface area (TPSA) is 44.6 Å². The summed E-state index contributed by atoms with van der Waals surface area (Å²) in [6, 6.07) is 0. The number of nitrogens with one attached hydrogen (secondary N) is 1. The van der Waals surface area contributed by atoms with Crippen LogP contribution in [-0.2, 0) is 0 Å². The van der Waals surface area contributed by atoms with E-state index < -0.39 is 5.60 Å². The molecule has 0 spiro atoms. The van der Waals surface area contributed by atoms with Crippen LogP contribution in [0.25, 0.3) is 0 Å². The van der Waals surface area contributed by atoms with Gasteiger partial charge in [-0.05, 0) is 25.2 Å². The molecule has 1 aliphatic carbocycles. The average Bonchev–Trinajstić information content (AvgIpc) is 2.75. The molecule has 2 aliphatic rings. The molecule has 1 aliphatic heterocycles. The monoisotopic (exact) mass is 196 g/mol. The third-order valence-electron chi connectivity index (χ3n) is 3.64. The lowest BCUT2D eigenvalue weighted by molar-refractivity contribution is 0.0140. The molecule has 0 aromatic heterocycles.